The third kappa shape index (κ3) is 5.85. The summed E-state index contributed by atoms with van der Waals surface area (Å²) in [5, 5.41) is 8.65. The average molecular weight is 213 g/mol. The van der Waals surface area contributed by atoms with E-state index in [0.717, 1.165) is 0 Å². The van der Waals surface area contributed by atoms with Crippen LogP contribution in [0.25, 0.3) is 0 Å². The van der Waals surface area contributed by atoms with E-state index in [2.05, 4.69) is 11.6 Å². The van der Waals surface area contributed by atoms with Gasteiger partial charge in [0.1, 0.15) is 6.04 Å². The third-order valence-electron chi connectivity index (χ3n) is 2.15. The molecule has 2 atom stereocenters. The summed E-state index contributed by atoms with van der Waals surface area (Å²) in [6.45, 7) is 5.83. The molecule has 0 saturated carbocycles. The van der Waals surface area contributed by atoms with Gasteiger partial charge in [-0.25, -0.2) is 0 Å². The quantitative estimate of drug-likeness (QED) is 0.323. The SMILES string of the molecule is C=CCC(N)=NCCC(C)C(N)C(=O)O. The molecule has 2 unspecified atom stereocenters. The summed E-state index contributed by atoms with van der Waals surface area (Å²) in [5.41, 5.74) is 11.0. The highest BCUT2D eigenvalue weighted by atomic mass is 16.4. The van der Waals surface area contributed by atoms with E-state index in [9.17, 15) is 4.79 Å². The fourth-order valence-electron chi connectivity index (χ4n) is 1.05. The van der Waals surface area contributed by atoms with Gasteiger partial charge in [0.25, 0.3) is 0 Å². The molecule has 0 bridgehead atoms. The van der Waals surface area contributed by atoms with Gasteiger partial charge in [-0.15, -0.1) is 6.58 Å². The van der Waals surface area contributed by atoms with Crippen LogP contribution >= 0.6 is 0 Å². The van der Waals surface area contributed by atoms with Crippen LogP contribution in [0.15, 0.2) is 17.6 Å². The van der Waals surface area contributed by atoms with Crippen molar-refractivity contribution in [2.45, 2.75) is 25.8 Å². The van der Waals surface area contributed by atoms with Crippen LogP contribution in [-0.2, 0) is 4.79 Å². The lowest BCUT2D eigenvalue weighted by Gasteiger charge is -2.14. The van der Waals surface area contributed by atoms with Crippen LogP contribution in [0, 0.1) is 5.92 Å². The van der Waals surface area contributed by atoms with Gasteiger partial charge in [0.05, 0.1) is 5.84 Å². The first-order chi connectivity index (χ1) is 6.99. The number of carbonyl (C=O) groups is 1. The van der Waals surface area contributed by atoms with Crippen LogP contribution in [-0.4, -0.2) is 29.5 Å². The summed E-state index contributed by atoms with van der Waals surface area (Å²) in [6, 6.07) is -0.833. The minimum Gasteiger partial charge on any atom is -0.480 e. The van der Waals surface area contributed by atoms with Gasteiger partial charge in [0.2, 0.25) is 0 Å². The smallest absolute Gasteiger partial charge is 0.320 e. The fourth-order valence-corrected chi connectivity index (χ4v) is 1.05. The number of aliphatic imine (C=N–C) groups is 1. The predicted molar refractivity (Wildman–Crippen MR) is 60.7 cm³/mol. The van der Waals surface area contributed by atoms with Crippen molar-refractivity contribution in [1.29, 1.82) is 0 Å². The zero-order chi connectivity index (χ0) is 11.8. The van der Waals surface area contributed by atoms with Crippen molar-refractivity contribution in [3.05, 3.63) is 12.7 Å². The van der Waals surface area contributed by atoms with E-state index in [-0.39, 0.29) is 5.92 Å². The average Bonchev–Trinajstić information content (AvgIpc) is 2.16. The maximum absolute atomic E-state index is 10.5. The summed E-state index contributed by atoms with van der Waals surface area (Å²) in [4.78, 5) is 14.6. The van der Waals surface area contributed by atoms with Gasteiger partial charge in [0, 0.05) is 13.0 Å². The summed E-state index contributed by atoms with van der Waals surface area (Å²) < 4.78 is 0. The molecule has 86 valence electrons. The van der Waals surface area contributed by atoms with Crippen molar-refractivity contribution in [1.82, 2.24) is 0 Å². The molecule has 5 nitrogen and oxygen atoms in total. The first-order valence-electron chi connectivity index (χ1n) is 4.87. The van der Waals surface area contributed by atoms with Gasteiger partial charge >= 0.3 is 5.97 Å². The van der Waals surface area contributed by atoms with Gasteiger partial charge in [-0.05, 0) is 12.3 Å². The van der Waals surface area contributed by atoms with Crippen molar-refractivity contribution >= 4 is 11.8 Å². The molecule has 0 heterocycles. The molecular weight excluding hydrogens is 194 g/mol. The van der Waals surface area contributed by atoms with Gasteiger partial charge in [-0.2, -0.15) is 0 Å². The number of aliphatic carboxylic acids is 1. The predicted octanol–water partition coefficient (Wildman–Crippen LogP) is 0.358. The van der Waals surface area contributed by atoms with Gasteiger partial charge in [0.15, 0.2) is 0 Å². The van der Waals surface area contributed by atoms with Crippen LogP contribution < -0.4 is 11.5 Å². The Morgan fingerprint density at radius 3 is 2.73 bits per heavy atom. The number of nitrogens with zero attached hydrogens (tertiary/aromatic N) is 1. The third-order valence-corrected chi connectivity index (χ3v) is 2.15. The molecule has 0 fully saturated rings. The number of carboxylic acid groups (broad SMARTS) is 1. The lowest BCUT2D eigenvalue weighted by molar-refractivity contribution is -0.139. The maximum atomic E-state index is 10.5. The molecule has 0 rings (SSSR count). The molecule has 0 radical (unpaired) electrons. The highest BCUT2D eigenvalue weighted by Crippen LogP contribution is 2.06. The topological polar surface area (TPSA) is 102 Å². The van der Waals surface area contributed by atoms with E-state index in [1.807, 2.05) is 0 Å². The Labute approximate surface area is 89.9 Å². The number of amidine groups is 1. The van der Waals surface area contributed by atoms with E-state index in [0.29, 0.717) is 25.2 Å². The Bertz CT molecular complexity index is 251. The molecule has 0 spiro atoms. The van der Waals surface area contributed by atoms with Crippen molar-refractivity contribution in [3.63, 3.8) is 0 Å². The van der Waals surface area contributed by atoms with Crippen LogP contribution in [0.2, 0.25) is 0 Å². The zero-order valence-corrected chi connectivity index (χ0v) is 9.02. The zero-order valence-electron chi connectivity index (χ0n) is 9.02. The maximum Gasteiger partial charge on any atom is 0.320 e. The highest BCUT2D eigenvalue weighted by Gasteiger charge is 2.18. The minimum atomic E-state index is -0.981. The molecule has 0 aliphatic heterocycles. The van der Waals surface area contributed by atoms with Crippen LogP contribution in [0.1, 0.15) is 19.8 Å². The van der Waals surface area contributed by atoms with Crippen LogP contribution in [0.4, 0.5) is 0 Å². The molecular formula is C10H19N3O2. The van der Waals surface area contributed by atoms with E-state index < -0.39 is 12.0 Å². The van der Waals surface area contributed by atoms with E-state index >= 15 is 0 Å². The van der Waals surface area contributed by atoms with Gasteiger partial charge in [-0.3, -0.25) is 9.79 Å². The van der Waals surface area contributed by atoms with Gasteiger partial charge < -0.3 is 16.6 Å². The first-order valence-corrected chi connectivity index (χ1v) is 4.87. The number of carboxylic acids is 1. The monoisotopic (exact) mass is 213 g/mol. The molecule has 0 aromatic carbocycles. The minimum absolute atomic E-state index is 0.109. The molecule has 0 aromatic rings. The van der Waals surface area contributed by atoms with E-state index in [1.54, 1.807) is 13.0 Å². The second-order valence-corrected chi connectivity index (χ2v) is 3.50. The highest BCUT2D eigenvalue weighted by molar-refractivity contribution is 5.81. The Balaban J connectivity index is 3.90. The van der Waals surface area contributed by atoms with Crippen molar-refractivity contribution in [2.75, 3.05) is 6.54 Å². The molecule has 0 aliphatic rings. The Morgan fingerprint density at radius 1 is 1.67 bits per heavy atom. The van der Waals surface area contributed by atoms with Gasteiger partial charge in [-0.1, -0.05) is 13.0 Å². The largest absolute Gasteiger partial charge is 0.480 e. The van der Waals surface area contributed by atoms with Crippen molar-refractivity contribution < 1.29 is 9.90 Å². The number of rotatable bonds is 7. The van der Waals surface area contributed by atoms with Crippen molar-refractivity contribution in [3.8, 4) is 0 Å². The lowest BCUT2D eigenvalue weighted by atomic mass is 9.99. The Kier molecular flexibility index (Phi) is 6.37. The summed E-state index contributed by atoms with van der Waals surface area (Å²) in [7, 11) is 0. The lowest BCUT2D eigenvalue weighted by Crippen LogP contribution is -2.36. The number of hydrogen-bond donors (Lipinski definition) is 3. The molecule has 15 heavy (non-hydrogen) atoms. The second kappa shape index (κ2) is 7.00. The Hall–Kier alpha value is -1.36. The molecule has 0 amide bonds. The molecule has 5 N–H and O–H groups in total. The summed E-state index contributed by atoms with van der Waals surface area (Å²) in [6.07, 6.45) is 2.84. The van der Waals surface area contributed by atoms with E-state index in [4.69, 9.17) is 16.6 Å². The molecule has 0 aliphatic carbocycles. The standard InChI is InChI=1S/C10H19N3O2/c1-3-4-8(11)13-6-5-7(2)9(12)10(14)15/h3,7,9H,1,4-6,12H2,2H3,(H2,11,13)(H,14,15). The number of hydrogen-bond acceptors (Lipinski definition) is 3. The normalized spacial score (nSPS) is 15.7. The van der Waals surface area contributed by atoms with Crippen LogP contribution in [0.5, 0.6) is 0 Å². The first kappa shape index (κ1) is 13.6. The molecule has 0 saturated heterocycles. The Morgan fingerprint density at radius 2 is 2.27 bits per heavy atom. The van der Waals surface area contributed by atoms with Crippen LogP contribution in [0.3, 0.4) is 0 Å². The summed E-state index contributed by atoms with van der Waals surface area (Å²) in [5.74, 6) is -0.575. The molecule has 5 heteroatoms. The second-order valence-electron chi connectivity index (χ2n) is 3.50. The summed E-state index contributed by atoms with van der Waals surface area (Å²) >= 11 is 0. The number of nitrogens with two attached hydrogens (primary N) is 2. The van der Waals surface area contributed by atoms with Crippen molar-refractivity contribution in [2.24, 2.45) is 22.4 Å². The fraction of sp³-hybridized carbons (Fsp3) is 0.600. The van der Waals surface area contributed by atoms with E-state index in [1.165, 1.54) is 0 Å². The molecule has 0 aromatic heterocycles.